The maximum atomic E-state index is 12.6. The van der Waals surface area contributed by atoms with Gasteiger partial charge >= 0.3 is 12.0 Å². The van der Waals surface area contributed by atoms with Gasteiger partial charge in [0.05, 0.1) is 17.3 Å². The number of amides is 2. The van der Waals surface area contributed by atoms with Gasteiger partial charge in [-0.15, -0.1) is 0 Å². The number of nitrogens with zero attached hydrogens (tertiary/aromatic N) is 3. The molecule has 7 heteroatoms. The average Bonchev–Trinajstić information content (AvgIpc) is 2.93. The van der Waals surface area contributed by atoms with E-state index in [0.717, 1.165) is 22.6 Å². The maximum Gasteiger partial charge on any atom is 0.317 e. The van der Waals surface area contributed by atoms with E-state index in [9.17, 15) is 14.7 Å². The Morgan fingerprint density at radius 2 is 1.93 bits per heavy atom. The normalized spacial score (nSPS) is 19.7. The Labute approximate surface area is 159 Å². The van der Waals surface area contributed by atoms with Crippen molar-refractivity contribution in [1.29, 1.82) is 0 Å². The third-order valence-electron chi connectivity index (χ3n) is 5.15. The number of nitrogens with one attached hydrogen (secondary N) is 1. The molecule has 2 aromatic rings. The van der Waals surface area contributed by atoms with Crippen molar-refractivity contribution in [3.05, 3.63) is 47.3 Å². The standard InChI is InChI=1S/C20H26N4O3/c1-13-9-16(19(25)26)12-23(11-13)20(27)21-10-18-14(2)22-24(15(18)3)17-7-5-4-6-8-17/h4-8,13,16H,9-12H2,1-3H3,(H,21,27)(H,25,26). The van der Waals surface area contributed by atoms with E-state index in [0.29, 0.717) is 19.5 Å². The highest BCUT2D eigenvalue weighted by Crippen LogP contribution is 2.22. The number of carbonyl (C=O) groups excluding carboxylic acids is 1. The molecule has 1 aromatic heterocycles. The van der Waals surface area contributed by atoms with Gasteiger partial charge in [0.15, 0.2) is 0 Å². The van der Waals surface area contributed by atoms with Crippen LogP contribution in [-0.2, 0) is 11.3 Å². The number of piperidine rings is 1. The van der Waals surface area contributed by atoms with Crippen LogP contribution in [-0.4, -0.2) is 44.9 Å². The number of aliphatic carboxylic acids is 1. The Morgan fingerprint density at radius 1 is 1.22 bits per heavy atom. The van der Waals surface area contributed by atoms with E-state index < -0.39 is 11.9 Å². The lowest BCUT2D eigenvalue weighted by atomic mass is 9.91. The molecule has 7 nitrogen and oxygen atoms in total. The number of carboxylic acids is 1. The van der Waals surface area contributed by atoms with Crippen molar-refractivity contribution in [3.63, 3.8) is 0 Å². The fourth-order valence-electron chi connectivity index (χ4n) is 3.72. The molecule has 2 atom stereocenters. The first kappa shape index (κ1) is 18.9. The second-order valence-corrected chi connectivity index (χ2v) is 7.34. The molecule has 1 aromatic carbocycles. The first-order valence-electron chi connectivity index (χ1n) is 9.23. The highest BCUT2D eigenvalue weighted by Gasteiger charge is 2.31. The lowest BCUT2D eigenvalue weighted by Crippen LogP contribution is -2.49. The fourth-order valence-corrected chi connectivity index (χ4v) is 3.72. The first-order chi connectivity index (χ1) is 12.9. The van der Waals surface area contributed by atoms with Crippen LogP contribution in [0.5, 0.6) is 0 Å². The molecule has 1 fully saturated rings. The van der Waals surface area contributed by atoms with E-state index in [1.54, 1.807) is 4.90 Å². The number of carbonyl (C=O) groups is 2. The lowest BCUT2D eigenvalue weighted by molar-refractivity contribution is -0.143. The minimum atomic E-state index is -0.838. The zero-order chi connectivity index (χ0) is 19.6. The van der Waals surface area contributed by atoms with Crippen molar-refractivity contribution < 1.29 is 14.7 Å². The second-order valence-electron chi connectivity index (χ2n) is 7.34. The molecule has 1 aliphatic heterocycles. The molecule has 0 saturated carbocycles. The number of urea groups is 1. The van der Waals surface area contributed by atoms with E-state index in [1.165, 1.54) is 0 Å². The molecule has 2 heterocycles. The predicted molar refractivity (Wildman–Crippen MR) is 102 cm³/mol. The number of aromatic nitrogens is 2. The number of para-hydroxylation sites is 1. The van der Waals surface area contributed by atoms with E-state index >= 15 is 0 Å². The zero-order valence-electron chi connectivity index (χ0n) is 16.0. The van der Waals surface area contributed by atoms with Crippen molar-refractivity contribution in [1.82, 2.24) is 20.0 Å². The number of carboxylic acid groups (broad SMARTS) is 1. The van der Waals surface area contributed by atoms with Gasteiger partial charge in [-0.1, -0.05) is 25.1 Å². The van der Waals surface area contributed by atoms with Gasteiger partial charge in [0.25, 0.3) is 0 Å². The molecule has 0 radical (unpaired) electrons. The molecule has 27 heavy (non-hydrogen) atoms. The number of likely N-dealkylation sites (tertiary alicyclic amines) is 1. The van der Waals surface area contributed by atoms with Crippen molar-refractivity contribution >= 4 is 12.0 Å². The third-order valence-corrected chi connectivity index (χ3v) is 5.15. The second kappa shape index (κ2) is 7.82. The highest BCUT2D eigenvalue weighted by atomic mass is 16.4. The molecular formula is C20H26N4O3. The summed E-state index contributed by atoms with van der Waals surface area (Å²) >= 11 is 0. The predicted octanol–water partition coefficient (Wildman–Crippen LogP) is 2.74. The van der Waals surface area contributed by atoms with Crippen LogP contribution in [0.25, 0.3) is 5.69 Å². The van der Waals surface area contributed by atoms with Gasteiger partial charge in [-0.05, 0) is 38.3 Å². The molecular weight excluding hydrogens is 344 g/mol. The van der Waals surface area contributed by atoms with Crippen LogP contribution >= 0.6 is 0 Å². The molecule has 3 rings (SSSR count). The van der Waals surface area contributed by atoms with Gasteiger partial charge in [0.1, 0.15) is 0 Å². The summed E-state index contributed by atoms with van der Waals surface area (Å²) in [5.41, 5.74) is 3.80. The Morgan fingerprint density at radius 3 is 2.59 bits per heavy atom. The number of aryl methyl sites for hydroxylation is 1. The van der Waals surface area contributed by atoms with Crippen LogP contribution in [0.2, 0.25) is 0 Å². The van der Waals surface area contributed by atoms with Gasteiger partial charge < -0.3 is 15.3 Å². The smallest absolute Gasteiger partial charge is 0.317 e. The number of benzene rings is 1. The summed E-state index contributed by atoms with van der Waals surface area (Å²) in [6.45, 7) is 7.10. The summed E-state index contributed by atoms with van der Waals surface area (Å²) in [6, 6.07) is 9.64. The summed E-state index contributed by atoms with van der Waals surface area (Å²) in [4.78, 5) is 25.5. The number of hydrogen-bond donors (Lipinski definition) is 2. The van der Waals surface area contributed by atoms with Gasteiger partial charge in [-0.2, -0.15) is 5.10 Å². The molecule has 144 valence electrons. The molecule has 2 amide bonds. The highest BCUT2D eigenvalue weighted by molar-refractivity contribution is 5.76. The molecule has 1 saturated heterocycles. The van der Waals surface area contributed by atoms with Gasteiger partial charge in [0.2, 0.25) is 0 Å². The third kappa shape index (κ3) is 4.13. The van der Waals surface area contributed by atoms with Crippen LogP contribution < -0.4 is 5.32 Å². The Bertz CT molecular complexity index is 831. The first-order valence-corrected chi connectivity index (χ1v) is 9.23. The molecule has 2 unspecified atom stereocenters. The van der Waals surface area contributed by atoms with Crippen molar-refractivity contribution in [2.45, 2.75) is 33.7 Å². The molecule has 0 aliphatic carbocycles. The lowest BCUT2D eigenvalue weighted by Gasteiger charge is -2.34. The Balaban J connectivity index is 1.69. The van der Waals surface area contributed by atoms with Crippen molar-refractivity contribution in [2.24, 2.45) is 11.8 Å². The summed E-state index contributed by atoms with van der Waals surface area (Å²) in [7, 11) is 0. The summed E-state index contributed by atoms with van der Waals surface area (Å²) in [6.07, 6.45) is 0.612. The van der Waals surface area contributed by atoms with Gasteiger partial charge in [-0.25, -0.2) is 9.48 Å². The van der Waals surface area contributed by atoms with E-state index in [1.807, 2.05) is 55.8 Å². The summed E-state index contributed by atoms with van der Waals surface area (Å²) < 4.78 is 1.88. The molecule has 0 bridgehead atoms. The molecule has 2 N–H and O–H groups in total. The molecule has 1 aliphatic rings. The largest absolute Gasteiger partial charge is 0.481 e. The van der Waals surface area contributed by atoms with E-state index in [-0.39, 0.29) is 18.5 Å². The van der Waals surface area contributed by atoms with Crippen molar-refractivity contribution in [3.8, 4) is 5.69 Å². The van der Waals surface area contributed by atoms with Crippen LogP contribution in [0, 0.1) is 25.7 Å². The Hall–Kier alpha value is -2.83. The van der Waals surface area contributed by atoms with Crippen molar-refractivity contribution in [2.75, 3.05) is 13.1 Å². The van der Waals surface area contributed by atoms with E-state index in [4.69, 9.17) is 0 Å². The zero-order valence-corrected chi connectivity index (χ0v) is 16.0. The topological polar surface area (TPSA) is 87.5 Å². The monoisotopic (exact) mass is 370 g/mol. The minimum Gasteiger partial charge on any atom is -0.481 e. The number of hydrogen-bond acceptors (Lipinski definition) is 3. The van der Waals surface area contributed by atoms with Crippen LogP contribution in [0.15, 0.2) is 30.3 Å². The maximum absolute atomic E-state index is 12.6. The summed E-state index contributed by atoms with van der Waals surface area (Å²) in [5, 5.41) is 16.8. The molecule has 0 spiro atoms. The fraction of sp³-hybridized carbons (Fsp3) is 0.450. The van der Waals surface area contributed by atoms with Gasteiger partial charge in [0, 0.05) is 30.9 Å². The van der Waals surface area contributed by atoms with Gasteiger partial charge in [-0.3, -0.25) is 4.79 Å². The van der Waals surface area contributed by atoms with Crippen LogP contribution in [0.3, 0.4) is 0 Å². The van der Waals surface area contributed by atoms with Crippen LogP contribution in [0.1, 0.15) is 30.3 Å². The number of rotatable bonds is 4. The average molecular weight is 370 g/mol. The van der Waals surface area contributed by atoms with Crippen LogP contribution in [0.4, 0.5) is 4.79 Å². The Kier molecular flexibility index (Phi) is 5.48. The quantitative estimate of drug-likeness (QED) is 0.866. The minimum absolute atomic E-state index is 0.176. The SMILES string of the molecule is Cc1nn(-c2ccccc2)c(C)c1CNC(=O)N1CC(C)CC(C(=O)O)C1. The summed E-state index contributed by atoms with van der Waals surface area (Å²) in [5.74, 6) is -1.16. The van der Waals surface area contributed by atoms with E-state index in [2.05, 4.69) is 10.4 Å².